The Morgan fingerprint density at radius 3 is 2.65 bits per heavy atom. The van der Waals surface area contributed by atoms with Gasteiger partial charge in [-0.25, -0.2) is 4.79 Å². The van der Waals surface area contributed by atoms with E-state index >= 15 is 0 Å². The zero-order chi connectivity index (χ0) is 22.2. The Labute approximate surface area is 187 Å². The summed E-state index contributed by atoms with van der Waals surface area (Å²) in [6, 6.07) is 9.50. The zero-order valence-corrected chi connectivity index (χ0v) is 18.5. The third-order valence-electron chi connectivity index (χ3n) is 5.67. The first-order chi connectivity index (χ1) is 14.9. The van der Waals surface area contributed by atoms with Crippen molar-refractivity contribution in [3.63, 3.8) is 0 Å². The number of carbonyl (C=O) groups is 2. The van der Waals surface area contributed by atoms with Crippen molar-refractivity contribution in [3.05, 3.63) is 41.1 Å². The summed E-state index contributed by atoms with van der Waals surface area (Å²) in [6.45, 7) is 3.13. The third kappa shape index (κ3) is 6.97. The Balaban J connectivity index is 1.38. The molecule has 1 aromatic carbocycles. The number of nitrogens with one attached hydrogen (secondary N) is 1. The second kappa shape index (κ2) is 11.2. The molecule has 2 heterocycles. The predicted octanol–water partition coefficient (Wildman–Crippen LogP) is 3.37. The first kappa shape index (κ1) is 23.1. The molecule has 1 aliphatic heterocycles. The van der Waals surface area contributed by atoms with Crippen LogP contribution in [-0.4, -0.2) is 71.8 Å². The van der Waals surface area contributed by atoms with E-state index in [1.165, 1.54) is 11.9 Å². The van der Waals surface area contributed by atoms with Crippen LogP contribution in [0.3, 0.4) is 0 Å². The maximum Gasteiger partial charge on any atom is 0.407 e. The highest BCUT2D eigenvalue weighted by molar-refractivity contribution is 6.30. The number of likely N-dealkylation sites (N-methyl/N-ethyl adjacent to an activating group) is 1. The van der Waals surface area contributed by atoms with Crippen molar-refractivity contribution in [3.8, 4) is 11.3 Å². The van der Waals surface area contributed by atoms with Crippen LogP contribution < -0.4 is 5.32 Å². The number of aromatic nitrogens is 1. The van der Waals surface area contributed by atoms with E-state index in [0.29, 0.717) is 11.6 Å². The van der Waals surface area contributed by atoms with Gasteiger partial charge in [0.2, 0.25) is 5.91 Å². The first-order valence-electron chi connectivity index (χ1n) is 10.6. The van der Waals surface area contributed by atoms with Gasteiger partial charge in [-0.2, -0.15) is 0 Å². The molecule has 2 aromatic rings. The van der Waals surface area contributed by atoms with Crippen LogP contribution in [0.4, 0.5) is 4.79 Å². The van der Waals surface area contributed by atoms with Gasteiger partial charge in [0, 0.05) is 36.7 Å². The Kier molecular flexibility index (Phi) is 8.31. The Morgan fingerprint density at radius 2 is 2.00 bits per heavy atom. The molecule has 0 aliphatic carbocycles. The van der Waals surface area contributed by atoms with Gasteiger partial charge in [-0.15, -0.1) is 0 Å². The van der Waals surface area contributed by atoms with Crippen LogP contribution in [0.5, 0.6) is 0 Å². The molecule has 0 unspecified atom stereocenters. The van der Waals surface area contributed by atoms with Gasteiger partial charge < -0.3 is 19.8 Å². The molecule has 0 radical (unpaired) electrons. The summed E-state index contributed by atoms with van der Waals surface area (Å²) in [5.41, 5.74) is 1.79. The van der Waals surface area contributed by atoms with Gasteiger partial charge >= 0.3 is 6.09 Å². The van der Waals surface area contributed by atoms with E-state index in [1.807, 2.05) is 30.3 Å². The first-order valence-corrected chi connectivity index (χ1v) is 10.9. The molecule has 2 amide bonds. The second-order valence-corrected chi connectivity index (χ2v) is 8.35. The molecule has 8 nitrogen and oxygen atoms in total. The minimum atomic E-state index is -1.05. The Bertz CT molecular complexity index is 863. The summed E-state index contributed by atoms with van der Waals surface area (Å²) in [6.07, 6.45) is 2.61. The van der Waals surface area contributed by atoms with E-state index in [0.717, 1.165) is 62.3 Å². The van der Waals surface area contributed by atoms with Gasteiger partial charge in [-0.1, -0.05) is 28.9 Å². The molecule has 3 rings (SSSR count). The van der Waals surface area contributed by atoms with Crippen molar-refractivity contribution < 1.29 is 19.2 Å². The number of carboxylic acid groups (broad SMARTS) is 1. The molecule has 1 saturated heterocycles. The fourth-order valence-corrected chi connectivity index (χ4v) is 3.96. The van der Waals surface area contributed by atoms with Crippen molar-refractivity contribution in [1.82, 2.24) is 20.3 Å². The Hall–Kier alpha value is -2.58. The van der Waals surface area contributed by atoms with Crippen molar-refractivity contribution in [2.24, 2.45) is 5.92 Å². The highest BCUT2D eigenvalue weighted by atomic mass is 35.5. The van der Waals surface area contributed by atoms with Crippen LogP contribution in [0.2, 0.25) is 5.02 Å². The fourth-order valence-electron chi connectivity index (χ4n) is 3.83. The topological polar surface area (TPSA) is 98.9 Å². The lowest BCUT2D eigenvalue weighted by Gasteiger charge is -2.34. The third-order valence-corrected chi connectivity index (χ3v) is 5.92. The van der Waals surface area contributed by atoms with E-state index in [4.69, 9.17) is 16.1 Å². The summed E-state index contributed by atoms with van der Waals surface area (Å²) in [5.74, 6) is 0.867. The molecule has 9 heteroatoms. The fraction of sp³-hybridized carbons (Fsp3) is 0.500. The number of hydrogen-bond donors (Lipinski definition) is 2. The lowest BCUT2D eigenvalue weighted by Crippen LogP contribution is -2.44. The summed E-state index contributed by atoms with van der Waals surface area (Å²) >= 11 is 5.93. The highest BCUT2D eigenvalue weighted by Gasteiger charge is 2.24. The predicted molar refractivity (Wildman–Crippen MR) is 118 cm³/mol. The molecule has 168 valence electrons. The largest absolute Gasteiger partial charge is 0.465 e. The number of rotatable bonds is 9. The molecule has 31 heavy (non-hydrogen) atoms. The van der Waals surface area contributed by atoms with E-state index in [-0.39, 0.29) is 18.4 Å². The number of amides is 2. The van der Waals surface area contributed by atoms with Crippen molar-refractivity contribution in [2.75, 3.05) is 39.8 Å². The molecule has 0 bridgehead atoms. The molecule has 0 spiro atoms. The van der Waals surface area contributed by atoms with Crippen LogP contribution in [0, 0.1) is 5.92 Å². The van der Waals surface area contributed by atoms with E-state index in [9.17, 15) is 14.7 Å². The normalized spacial score (nSPS) is 15.0. The summed E-state index contributed by atoms with van der Waals surface area (Å²) in [4.78, 5) is 26.5. The smallest absolute Gasteiger partial charge is 0.407 e. The van der Waals surface area contributed by atoms with Gasteiger partial charge in [0.05, 0.1) is 0 Å². The monoisotopic (exact) mass is 448 g/mol. The molecule has 0 atom stereocenters. The molecular formula is C22H29ClN4O4. The number of carbonyl (C=O) groups excluding carboxylic acids is 1. The molecule has 1 fully saturated rings. The quantitative estimate of drug-likeness (QED) is 0.610. The van der Waals surface area contributed by atoms with Crippen molar-refractivity contribution in [2.45, 2.75) is 25.7 Å². The van der Waals surface area contributed by atoms with E-state index in [1.54, 1.807) is 0 Å². The minimum Gasteiger partial charge on any atom is -0.465 e. The average molecular weight is 449 g/mol. The average Bonchev–Trinajstić information content (AvgIpc) is 3.23. The maximum absolute atomic E-state index is 11.5. The number of hydrogen-bond acceptors (Lipinski definition) is 5. The number of nitrogens with zero attached hydrogens (tertiary/aromatic N) is 3. The van der Waals surface area contributed by atoms with Gasteiger partial charge in [-0.05, 0) is 56.9 Å². The molecule has 1 aliphatic rings. The van der Waals surface area contributed by atoms with Crippen LogP contribution in [0.15, 0.2) is 34.9 Å². The second-order valence-electron chi connectivity index (χ2n) is 7.91. The van der Waals surface area contributed by atoms with Gasteiger partial charge in [0.1, 0.15) is 18.0 Å². The van der Waals surface area contributed by atoms with E-state index < -0.39 is 6.09 Å². The lowest BCUT2D eigenvalue weighted by atomic mass is 9.96. The molecule has 2 N–H and O–H groups in total. The van der Waals surface area contributed by atoms with Gasteiger partial charge in [-0.3, -0.25) is 9.69 Å². The van der Waals surface area contributed by atoms with Crippen LogP contribution in [0.25, 0.3) is 11.3 Å². The van der Waals surface area contributed by atoms with Gasteiger partial charge in [0.15, 0.2) is 0 Å². The zero-order valence-electron chi connectivity index (χ0n) is 17.7. The standard InChI is InChI=1S/C22H29ClN4O4/c1-24-21(28)15-27(22(29)30)14-16-8-11-26(12-9-16)10-2-3-19-13-20(25-31-19)17-4-6-18(23)7-5-17/h4-7,13,16H,2-3,8-12,14-15H2,1H3,(H,24,28)(H,29,30). The number of halogens is 1. The number of likely N-dealkylation sites (tertiary alicyclic amines) is 1. The van der Waals surface area contributed by atoms with E-state index in [2.05, 4.69) is 15.4 Å². The van der Waals surface area contributed by atoms with Crippen LogP contribution in [0.1, 0.15) is 25.0 Å². The minimum absolute atomic E-state index is 0.110. The van der Waals surface area contributed by atoms with Crippen molar-refractivity contribution >= 4 is 23.6 Å². The number of aryl methyl sites for hydroxylation is 1. The van der Waals surface area contributed by atoms with Gasteiger partial charge in [0.25, 0.3) is 0 Å². The Morgan fingerprint density at radius 1 is 1.29 bits per heavy atom. The molecule has 0 saturated carbocycles. The van der Waals surface area contributed by atoms with Crippen LogP contribution >= 0.6 is 11.6 Å². The molecule has 1 aromatic heterocycles. The summed E-state index contributed by atoms with van der Waals surface area (Å²) in [5, 5.41) is 16.6. The summed E-state index contributed by atoms with van der Waals surface area (Å²) in [7, 11) is 1.51. The maximum atomic E-state index is 11.5. The molecular weight excluding hydrogens is 420 g/mol. The van der Waals surface area contributed by atoms with Crippen LogP contribution in [-0.2, 0) is 11.2 Å². The lowest BCUT2D eigenvalue weighted by molar-refractivity contribution is -0.121. The number of benzene rings is 1. The number of piperidine rings is 1. The van der Waals surface area contributed by atoms with Crippen molar-refractivity contribution in [1.29, 1.82) is 0 Å². The SMILES string of the molecule is CNC(=O)CN(CC1CCN(CCCc2cc(-c3ccc(Cl)cc3)no2)CC1)C(=O)O. The summed E-state index contributed by atoms with van der Waals surface area (Å²) < 4.78 is 5.47. The highest BCUT2D eigenvalue weighted by Crippen LogP contribution is 2.22.